The van der Waals surface area contributed by atoms with Gasteiger partial charge in [-0.2, -0.15) is 8.42 Å². The van der Waals surface area contributed by atoms with Crippen LogP contribution in [0.25, 0.3) is 10.8 Å². The number of unbranched alkanes of at least 4 members (excludes halogenated alkanes) is 2. The number of rotatable bonds is 12. The fourth-order valence-electron chi connectivity index (χ4n) is 3.64. The minimum atomic E-state index is -4.24. The molecule has 0 bridgehead atoms. The monoisotopic (exact) mass is 554 g/mol. The first-order valence-electron chi connectivity index (χ1n) is 11.2. The Bertz CT molecular complexity index is 1140. The summed E-state index contributed by atoms with van der Waals surface area (Å²) in [6.45, 7) is 4.20. The van der Waals surface area contributed by atoms with E-state index in [1.54, 1.807) is 6.07 Å². The Morgan fingerprint density at radius 3 is 1.83 bits per heavy atom. The van der Waals surface area contributed by atoms with Crippen LogP contribution in [0, 0.1) is 0 Å². The summed E-state index contributed by atoms with van der Waals surface area (Å²) in [7, 11) is -4.24. The van der Waals surface area contributed by atoms with Crippen LogP contribution in [0.2, 0.25) is 0 Å². The molecule has 198 valence electrons. The van der Waals surface area contributed by atoms with E-state index in [4.69, 9.17) is 20.4 Å². The van der Waals surface area contributed by atoms with Crippen LogP contribution in [0.5, 0.6) is 0 Å². The molecule has 0 spiro atoms. The molecule has 12 heteroatoms. The molecule has 0 heterocycles. The number of aliphatic hydroxyl groups is 1. The number of fused-ring (bicyclic) bond motifs is 1. The van der Waals surface area contributed by atoms with Gasteiger partial charge in [0, 0.05) is 5.39 Å². The van der Waals surface area contributed by atoms with Crippen molar-refractivity contribution in [3.8, 4) is 0 Å². The van der Waals surface area contributed by atoms with Crippen LogP contribution in [-0.2, 0) is 37.3 Å². The van der Waals surface area contributed by atoms with E-state index in [2.05, 4.69) is 19.9 Å². The van der Waals surface area contributed by atoms with Crippen molar-refractivity contribution in [1.29, 1.82) is 0 Å². The van der Waals surface area contributed by atoms with Crippen molar-refractivity contribution in [2.24, 2.45) is 0 Å². The molecule has 0 unspecified atom stereocenters. The second-order valence-corrected chi connectivity index (χ2v) is 9.58. The van der Waals surface area contributed by atoms with Crippen molar-refractivity contribution in [1.82, 2.24) is 0 Å². The van der Waals surface area contributed by atoms with E-state index in [1.165, 1.54) is 0 Å². The van der Waals surface area contributed by atoms with Gasteiger partial charge in [-0.3, -0.25) is 14.1 Å². The summed E-state index contributed by atoms with van der Waals surface area (Å²) in [5.41, 5.74) is -0.879. The van der Waals surface area contributed by atoms with Crippen LogP contribution in [0.15, 0.2) is 35.2 Å². The maximum absolute atomic E-state index is 12.0. The zero-order chi connectivity index (χ0) is 26.8. The van der Waals surface area contributed by atoms with Crippen LogP contribution >= 0.6 is 0 Å². The van der Waals surface area contributed by atoms with E-state index in [1.807, 2.05) is 18.2 Å². The quantitative estimate of drug-likeness (QED) is 0.193. The van der Waals surface area contributed by atoms with Crippen molar-refractivity contribution in [3.05, 3.63) is 41.5 Å². The molecule has 0 saturated carbocycles. The molecule has 0 aliphatic carbocycles. The Morgan fingerprint density at radius 2 is 1.39 bits per heavy atom. The molecule has 0 aliphatic heterocycles. The summed E-state index contributed by atoms with van der Waals surface area (Å²) in [6.07, 6.45) is 3.23. The number of benzene rings is 2. The Hall–Kier alpha value is -1.76. The minimum absolute atomic E-state index is 0. The molecule has 0 fully saturated rings. The Kier molecular flexibility index (Phi) is 14.7. The third-order valence-electron chi connectivity index (χ3n) is 5.32. The van der Waals surface area contributed by atoms with Gasteiger partial charge in [-0.15, -0.1) is 0 Å². The van der Waals surface area contributed by atoms with E-state index in [9.17, 15) is 27.4 Å². The van der Waals surface area contributed by atoms with Gasteiger partial charge in [0.15, 0.2) is 5.60 Å². The first-order valence-corrected chi connectivity index (χ1v) is 12.6. The van der Waals surface area contributed by atoms with Crippen molar-refractivity contribution < 1.29 is 47.8 Å². The van der Waals surface area contributed by atoms with Crippen LogP contribution < -0.4 is 0 Å². The summed E-state index contributed by atoms with van der Waals surface area (Å²) in [5, 5.41) is 35.3. The van der Waals surface area contributed by atoms with Gasteiger partial charge in [0.2, 0.25) is 0 Å². The SMILES string of the molecule is CCCCc1cc2ccccc2c(S(=O)(=O)O)c1CCCC.O=C(O)CC(O)(CC(=O)O)C(=O)O.[CaH2]. The van der Waals surface area contributed by atoms with E-state index in [0.717, 1.165) is 48.6 Å². The molecule has 10 nitrogen and oxygen atoms in total. The number of hydrogen-bond donors (Lipinski definition) is 5. The van der Waals surface area contributed by atoms with E-state index in [-0.39, 0.29) is 42.6 Å². The molecule has 2 aromatic rings. The van der Waals surface area contributed by atoms with E-state index in [0.29, 0.717) is 11.8 Å². The van der Waals surface area contributed by atoms with Crippen molar-refractivity contribution >= 4 is 76.5 Å². The van der Waals surface area contributed by atoms with Gasteiger partial charge < -0.3 is 20.4 Å². The van der Waals surface area contributed by atoms with Crippen LogP contribution in [0.4, 0.5) is 0 Å². The first kappa shape index (κ1) is 34.2. The normalized spacial score (nSPS) is 11.2. The molecule has 0 saturated heterocycles. The van der Waals surface area contributed by atoms with Gasteiger partial charge in [0.05, 0.1) is 12.8 Å². The zero-order valence-corrected chi connectivity index (χ0v) is 20.5. The first-order chi connectivity index (χ1) is 16.3. The summed E-state index contributed by atoms with van der Waals surface area (Å²) < 4.78 is 33.8. The van der Waals surface area contributed by atoms with Crippen molar-refractivity contribution in [2.45, 2.75) is 75.7 Å². The fraction of sp³-hybridized carbons (Fsp3) is 0.458. The summed E-state index contributed by atoms with van der Waals surface area (Å²) in [5.74, 6) is -5.02. The number of hydrogen-bond acceptors (Lipinski definition) is 6. The van der Waals surface area contributed by atoms with Crippen molar-refractivity contribution in [3.63, 3.8) is 0 Å². The molecular formula is C24H34CaO10S. The molecule has 2 rings (SSSR count). The Morgan fingerprint density at radius 1 is 0.889 bits per heavy atom. The molecule has 0 aromatic heterocycles. The number of carboxylic acids is 3. The second-order valence-electron chi connectivity index (χ2n) is 8.22. The molecule has 2 aromatic carbocycles. The van der Waals surface area contributed by atoms with Gasteiger partial charge in [0.25, 0.3) is 10.1 Å². The molecule has 0 atom stereocenters. The zero-order valence-electron chi connectivity index (χ0n) is 19.7. The second kappa shape index (κ2) is 15.5. The van der Waals surface area contributed by atoms with Gasteiger partial charge in [0.1, 0.15) is 4.90 Å². The average Bonchev–Trinajstić information content (AvgIpc) is 2.74. The van der Waals surface area contributed by atoms with Gasteiger partial charge >= 0.3 is 55.6 Å². The number of aliphatic carboxylic acids is 3. The topological polar surface area (TPSA) is 186 Å². The molecule has 0 radical (unpaired) electrons. The predicted octanol–water partition coefficient (Wildman–Crippen LogP) is 2.61. The van der Waals surface area contributed by atoms with Crippen LogP contribution in [-0.4, -0.2) is 94.6 Å². The third kappa shape index (κ3) is 10.3. The summed E-state index contributed by atoms with van der Waals surface area (Å²) >= 11 is 0. The molecular weight excluding hydrogens is 520 g/mol. The molecule has 5 N–H and O–H groups in total. The van der Waals surface area contributed by atoms with E-state index >= 15 is 0 Å². The standard InChI is InChI=1S/C18H24O3S.C6H8O7.Ca.2H/c1-3-5-9-14-13-15-10-7-8-12-17(15)18(22(19,20)21)16(14)11-6-4-2;7-3(8)1-6(13,5(11)12)2-4(9)10;;;/h7-8,10,12-13H,3-6,9,11H2,1-2H3,(H,19,20,21);13H,1-2H2,(H,7,8)(H,9,10)(H,11,12);;;. The number of carboxylic acid groups (broad SMARTS) is 3. The molecule has 0 aliphatic rings. The summed E-state index contributed by atoms with van der Waals surface area (Å²) in [4.78, 5) is 30.6. The van der Waals surface area contributed by atoms with Crippen molar-refractivity contribution in [2.75, 3.05) is 0 Å². The third-order valence-corrected chi connectivity index (χ3v) is 6.30. The Labute approximate surface area is 240 Å². The van der Waals surface area contributed by atoms with Crippen LogP contribution in [0.1, 0.15) is 63.5 Å². The average molecular weight is 555 g/mol. The van der Waals surface area contributed by atoms with Crippen LogP contribution in [0.3, 0.4) is 0 Å². The number of carbonyl (C=O) groups is 3. The van der Waals surface area contributed by atoms with Gasteiger partial charge in [-0.1, -0.05) is 57.0 Å². The number of aryl methyl sites for hydroxylation is 1. The van der Waals surface area contributed by atoms with E-state index < -0.39 is 46.5 Å². The predicted molar refractivity (Wildman–Crippen MR) is 137 cm³/mol. The Balaban J connectivity index is 0.000000758. The van der Waals surface area contributed by atoms with Gasteiger partial charge in [-0.25, -0.2) is 4.79 Å². The van der Waals surface area contributed by atoms with Gasteiger partial charge in [-0.05, 0) is 42.2 Å². The fourth-order valence-corrected chi connectivity index (χ4v) is 4.65. The molecule has 36 heavy (non-hydrogen) atoms. The summed E-state index contributed by atoms with van der Waals surface area (Å²) in [6, 6.07) is 9.48. The maximum atomic E-state index is 12.0. The molecule has 0 amide bonds.